The molecule has 0 aromatic heterocycles. The Hall–Kier alpha value is -2.68. The number of ether oxygens (including phenoxy) is 4. The topological polar surface area (TPSA) is 98.4 Å². The lowest BCUT2D eigenvalue weighted by atomic mass is 9.97. The highest BCUT2D eigenvalue weighted by Crippen LogP contribution is 2.39. The van der Waals surface area contributed by atoms with Gasteiger partial charge in [-0.1, -0.05) is 0 Å². The van der Waals surface area contributed by atoms with E-state index in [0.29, 0.717) is 48.4 Å². The molecule has 0 saturated carbocycles. The van der Waals surface area contributed by atoms with E-state index < -0.39 is 5.60 Å². The Morgan fingerprint density at radius 1 is 1.03 bits per heavy atom. The highest BCUT2D eigenvalue weighted by Gasteiger charge is 2.22. The van der Waals surface area contributed by atoms with Gasteiger partial charge in [-0.2, -0.15) is 0 Å². The molecule has 1 fully saturated rings. The Balaban J connectivity index is 1.74. The third-order valence-corrected chi connectivity index (χ3v) is 5.24. The molecule has 9 nitrogen and oxygen atoms in total. The summed E-state index contributed by atoms with van der Waals surface area (Å²) < 4.78 is 21.2. The van der Waals surface area contributed by atoms with E-state index in [-0.39, 0.29) is 12.0 Å². The van der Waals surface area contributed by atoms with Crippen LogP contribution in [0.1, 0.15) is 40.0 Å². The maximum absolute atomic E-state index is 12.5. The van der Waals surface area contributed by atoms with Gasteiger partial charge in [-0.3, -0.25) is 4.79 Å². The van der Waals surface area contributed by atoms with E-state index in [1.807, 2.05) is 20.8 Å². The molecule has 2 amide bonds. The summed E-state index contributed by atoms with van der Waals surface area (Å²) in [6.45, 7) is 8.65. The zero-order chi connectivity index (χ0) is 23.7. The van der Waals surface area contributed by atoms with Crippen LogP contribution in [0.4, 0.5) is 10.5 Å². The summed E-state index contributed by atoms with van der Waals surface area (Å²) in [6.07, 6.45) is 1.97. The number of amides is 2. The Morgan fingerprint density at radius 3 is 2.12 bits per heavy atom. The maximum Gasteiger partial charge on any atom is 0.407 e. The molecule has 9 heteroatoms. The Kier molecular flexibility index (Phi) is 9.43. The maximum atomic E-state index is 12.5. The second kappa shape index (κ2) is 11.8. The van der Waals surface area contributed by atoms with E-state index in [2.05, 4.69) is 15.5 Å². The Bertz CT molecular complexity index is 744. The predicted octanol–water partition coefficient (Wildman–Crippen LogP) is 3.28. The fourth-order valence-corrected chi connectivity index (χ4v) is 3.59. The molecule has 0 aliphatic carbocycles. The first-order valence-electron chi connectivity index (χ1n) is 10.9. The molecule has 1 aliphatic heterocycles. The summed E-state index contributed by atoms with van der Waals surface area (Å²) in [5.41, 5.74) is 0.104. The third-order valence-electron chi connectivity index (χ3n) is 5.24. The van der Waals surface area contributed by atoms with Crippen LogP contribution >= 0.6 is 0 Å². The van der Waals surface area contributed by atoms with Crippen LogP contribution in [0.5, 0.6) is 17.2 Å². The monoisotopic (exact) mass is 451 g/mol. The van der Waals surface area contributed by atoms with Gasteiger partial charge in [-0.25, -0.2) is 4.79 Å². The molecule has 180 valence electrons. The lowest BCUT2D eigenvalue weighted by Crippen LogP contribution is -2.40. The number of nitrogens with zero attached hydrogens (tertiary/aromatic N) is 1. The quantitative estimate of drug-likeness (QED) is 0.594. The fourth-order valence-electron chi connectivity index (χ4n) is 3.59. The number of likely N-dealkylation sites (tertiary alicyclic amines) is 1. The minimum Gasteiger partial charge on any atom is -0.493 e. The van der Waals surface area contributed by atoms with E-state index in [4.69, 9.17) is 18.9 Å². The molecule has 1 aromatic carbocycles. The van der Waals surface area contributed by atoms with Crippen molar-refractivity contribution in [1.29, 1.82) is 0 Å². The molecule has 0 radical (unpaired) electrons. The summed E-state index contributed by atoms with van der Waals surface area (Å²) in [5.74, 6) is 1.81. The number of piperidine rings is 1. The van der Waals surface area contributed by atoms with E-state index in [9.17, 15) is 9.59 Å². The average Bonchev–Trinajstić information content (AvgIpc) is 2.75. The number of hydrogen-bond acceptors (Lipinski definition) is 7. The number of hydrogen-bond donors (Lipinski definition) is 2. The number of rotatable bonds is 9. The molecule has 2 N–H and O–H groups in total. The summed E-state index contributed by atoms with van der Waals surface area (Å²) in [7, 11) is 4.61. The van der Waals surface area contributed by atoms with Crippen molar-refractivity contribution in [3.63, 3.8) is 0 Å². The van der Waals surface area contributed by atoms with Gasteiger partial charge in [0.2, 0.25) is 11.7 Å². The van der Waals surface area contributed by atoms with Crippen LogP contribution in [-0.4, -0.2) is 70.0 Å². The first-order chi connectivity index (χ1) is 15.1. The normalized spacial score (nSPS) is 15.1. The van der Waals surface area contributed by atoms with Gasteiger partial charge < -0.3 is 34.5 Å². The van der Waals surface area contributed by atoms with E-state index >= 15 is 0 Å². The second-order valence-electron chi connectivity index (χ2n) is 8.88. The molecule has 1 aromatic rings. The number of alkyl carbamates (subject to hydrolysis) is 1. The summed E-state index contributed by atoms with van der Waals surface area (Å²) in [5, 5.41) is 5.75. The highest BCUT2D eigenvalue weighted by atomic mass is 16.6. The molecule has 1 aliphatic rings. The minimum absolute atomic E-state index is 0.0759. The van der Waals surface area contributed by atoms with Crippen LogP contribution in [0.3, 0.4) is 0 Å². The fraction of sp³-hybridized carbons (Fsp3) is 0.652. The summed E-state index contributed by atoms with van der Waals surface area (Å²) >= 11 is 0. The molecule has 32 heavy (non-hydrogen) atoms. The zero-order valence-electron chi connectivity index (χ0n) is 20.1. The molecular weight excluding hydrogens is 414 g/mol. The lowest BCUT2D eigenvalue weighted by molar-refractivity contribution is -0.116. The molecule has 1 heterocycles. The van der Waals surface area contributed by atoms with Crippen LogP contribution in [0.25, 0.3) is 0 Å². The number of methoxy groups -OCH3 is 3. The van der Waals surface area contributed by atoms with Crippen molar-refractivity contribution in [3.8, 4) is 17.2 Å². The van der Waals surface area contributed by atoms with Gasteiger partial charge in [0.15, 0.2) is 11.5 Å². The number of anilines is 1. The smallest absolute Gasteiger partial charge is 0.407 e. The first-order valence-corrected chi connectivity index (χ1v) is 10.9. The van der Waals surface area contributed by atoms with Gasteiger partial charge in [-0.15, -0.1) is 0 Å². The van der Waals surface area contributed by atoms with Crippen LogP contribution in [0.15, 0.2) is 12.1 Å². The minimum atomic E-state index is -0.490. The molecular formula is C23H37N3O6. The highest BCUT2D eigenvalue weighted by molar-refractivity contribution is 5.91. The third kappa shape index (κ3) is 8.11. The van der Waals surface area contributed by atoms with Gasteiger partial charge in [0, 0.05) is 37.3 Å². The van der Waals surface area contributed by atoms with Crippen molar-refractivity contribution >= 4 is 17.7 Å². The second-order valence-corrected chi connectivity index (χ2v) is 8.88. The number of nitrogens with one attached hydrogen (secondary N) is 2. The summed E-state index contributed by atoms with van der Waals surface area (Å²) in [4.78, 5) is 26.5. The van der Waals surface area contributed by atoms with Crippen molar-refractivity contribution in [1.82, 2.24) is 10.2 Å². The number of benzene rings is 1. The number of carbonyl (C=O) groups excluding carboxylic acids is 2. The van der Waals surface area contributed by atoms with E-state index in [1.165, 1.54) is 21.3 Å². The molecule has 1 saturated heterocycles. The van der Waals surface area contributed by atoms with E-state index in [1.54, 1.807) is 12.1 Å². The van der Waals surface area contributed by atoms with Crippen LogP contribution < -0.4 is 24.8 Å². The first kappa shape index (κ1) is 25.6. The Labute approximate surface area is 190 Å². The van der Waals surface area contributed by atoms with Crippen molar-refractivity contribution < 1.29 is 28.5 Å². The average molecular weight is 452 g/mol. The van der Waals surface area contributed by atoms with Gasteiger partial charge in [-0.05, 0) is 52.6 Å². The van der Waals surface area contributed by atoms with Gasteiger partial charge in [0.05, 0.1) is 21.3 Å². The Morgan fingerprint density at radius 2 is 1.62 bits per heavy atom. The molecule has 2 rings (SSSR count). The molecule has 0 atom stereocenters. The van der Waals surface area contributed by atoms with Crippen molar-refractivity contribution in [2.24, 2.45) is 5.92 Å². The lowest BCUT2D eigenvalue weighted by Gasteiger charge is -2.32. The standard InChI is InChI=1S/C23H37N3O6/c1-23(2,3)32-22(28)24-15-16-7-10-26(11-8-16)12-9-20(27)25-17-13-18(29-4)21(31-6)19(14-17)30-5/h13-14,16H,7-12,15H2,1-6H3,(H,24,28)(H,25,27). The van der Waals surface area contributed by atoms with Crippen LogP contribution in [-0.2, 0) is 9.53 Å². The van der Waals surface area contributed by atoms with E-state index in [0.717, 1.165) is 25.9 Å². The molecule has 0 bridgehead atoms. The van der Waals surface area contributed by atoms with Gasteiger partial charge in [0.1, 0.15) is 5.60 Å². The van der Waals surface area contributed by atoms with Crippen LogP contribution in [0.2, 0.25) is 0 Å². The molecule has 0 spiro atoms. The van der Waals surface area contributed by atoms with Crippen molar-refractivity contribution in [2.75, 3.05) is 52.8 Å². The largest absolute Gasteiger partial charge is 0.493 e. The SMILES string of the molecule is COc1cc(NC(=O)CCN2CCC(CNC(=O)OC(C)(C)C)CC2)cc(OC)c1OC. The van der Waals surface area contributed by atoms with Crippen LogP contribution in [0, 0.1) is 5.92 Å². The molecule has 0 unspecified atom stereocenters. The van der Waals surface area contributed by atoms with Gasteiger partial charge in [0.25, 0.3) is 0 Å². The van der Waals surface area contributed by atoms with Gasteiger partial charge >= 0.3 is 6.09 Å². The zero-order valence-corrected chi connectivity index (χ0v) is 20.1. The number of carbonyl (C=O) groups is 2. The summed E-state index contributed by atoms with van der Waals surface area (Å²) in [6, 6.07) is 3.42. The van der Waals surface area contributed by atoms with Crippen molar-refractivity contribution in [2.45, 2.75) is 45.6 Å². The van der Waals surface area contributed by atoms with Crippen molar-refractivity contribution in [3.05, 3.63) is 12.1 Å². The predicted molar refractivity (Wildman–Crippen MR) is 123 cm³/mol.